The molecule has 0 radical (unpaired) electrons. The molecule has 0 amide bonds. The van der Waals surface area contributed by atoms with Gasteiger partial charge in [0, 0.05) is 23.4 Å². The van der Waals surface area contributed by atoms with Crippen molar-refractivity contribution in [2.45, 2.75) is 31.1 Å². The number of para-hydroxylation sites is 1. The van der Waals surface area contributed by atoms with Gasteiger partial charge >= 0.3 is 0 Å². The number of ether oxygens (including phenoxy) is 1. The van der Waals surface area contributed by atoms with Crippen molar-refractivity contribution in [3.63, 3.8) is 0 Å². The predicted octanol–water partition coefficient (Wildman–Crippen LogP) is 3.07. The molecule has 2 rings (SSSR count). The Morgan fingerprint density at radius 2 is 2.32 bits per heavy atom. The first-order chi connectivity index (χ1) is 9.23. The summed E-state index contributed by atoms with van der Waals surface area (Å²) in [5.74, 6) is 4.68. The van der Waals surface area contributed by atoms with Crippen LogP contribution < -0.4 is 10.1 Å². The summed E-state index contributed by atoms with van der Waals surface area (Å²) in [5, 5.41) is 3.55. The van der Waals surface area contributed by atoms with Gasteiger partial charge in [0.15, 0.2) is 0 Å². The highest BCUT2D eigenvalue weighted by Gasteiger charge is 2.28. The smallest absolute Gasteiger partial charge is 0.148 e. The van der Waals surface area contributed by atoms with Gasteiger partial charge in [0.05, 0.1) is 0 Å². The summed E-state index contributed by atoms with van der Waals surface area (Å²) < 4.78 is 5.95. The Balaban J connectivity index is 1.87. The summed E-state index contributed by atoms with van der Waals surface area (Å²) in [4.78, 5) is 0. The third kappa shape index (κ3) is 4.19. The lowest BCUT2D eigenvalue weighted by molar-refractivity contribution is 0.364. The maximum Gasteiger partial charge on any atom is 0.148 e. The molecule has 1 fully saturated rings. The molecule has 1 atom stereocenters. The van der Waals surface area contributed by atoms with Gasteiger partial charge in [-0.25, -0.2) is 0 Å². The highest BCUT2D eigenvalue weighted by molar-refractivity contribution is 8.00. The van der Waals surface area contributed by atoms with Crippen LogP contribution in [0.2, 0.25) is 0 Å². The first-order valence-electron chi connectivity index (χ1n) is 6.72. The van der Waals surface area contributed by atoms with Gasteiger partial charge in [-0.3, -0.25) is 0 Å². The molecule has 19 heavy (non-hydrogen) atoms. The number of hydrogen-bond donors (Lipinski definition) is 1. The molecule has 0 bridgehead atoms. The van der Waals surface area contributed by atoms with Crippen LogP contribution >= 0.6 is 11.8 Å². The highest BCUT2D eigenvalue weighted by Crippen LogP contribution is 2.37. The van der Waals surface area contributed by atoms with E-state index in [1.54, 1.807) is 0 Å². The number of terminal acetylenes is 1. The van der Waals surface area contributed by atoms with Crippen molar-refractivity contribution in [2.24, 2.45) is 0 Å². The second-order valence-corrected chi connectivity index (χ2v) is 6.79. The molecule has 1 unspecified atom stereocenters. The van der Waals surface area contributed by atoms with E-state index in [9.17, 15) is 0 Å². The maximum atomic E-state index is 5.55. The van der Waals surface area contributed by atoms with Crippen molar-refractivity contribution in [1.29, 1.82) is 0 Å². The summed E-state index contributed by atoms with van der Waals surface area (Å²) in [6, 6.07) is 8.07. The zero-order valence-electron chi connectivity index (χ0n) is 11.4. The normalized spacial score (nSPS) is 22.1. The number of thioether (sulfide) groups is 1. The molecule has 102 valence electrons. The fraction of sp³-hybridized carbons (Fsp3) is 0.500. The van der Waals surface area contributed by atoms with Crippen molar-refractivity contribution in [3.05, 3.63) is 29.8 Å². The van der Waals surface area contributed by atoms with Gasteiger partial charge in [0.1, 0.15) is 12.4 Å². The number of hydrogen-bond acceptors (Lipinski definition) is 3. The van der Waals surface area contributed by atoms with E-state index in [1.807, 2.05) is 18.2 Å². The molecule has 2 nitrogen and oxygen atoms in total. The molecule has 0 spiro atoms. The molecule has 1 aliphatic rings. The molecule has 1 aliphatic heterocycles. The number of nitrogens with one attached hydrogen (secondary N) is 1. The molecule has 0 aliphatic carbocycles. The zero-order valence-corrected chi connectivity index (χ0v) is 12.3. The number of benzene rings is 1. The molecule has 1 saturated heterocycles. The summed E-state index contributed by atoms with van der Waals surface area (Å²) in [5.41, 5.74) is 1.17. The van der Waals surface area contributed by atoms with Gasteiger partial charge in [0.25, 0.3) is 0 Å². The molecule has 3 heteroatoms. The van der Waals surface area contributed by atoms with Crippen molar-refractivity contribution >= 4 is 11.8 Å². The zero-order chi connectivity index (χ0) is 13.6. The lowest BCUT2D eigenvalue weighted by Gasteiger charge is -2.23. The van der Waals surface area contributed by atoms with Crippen molar-refractivity contribution in [2.75, 3.05) is 18.9 Å². The largest absolute Gasteiger partial charge is 0.481 e. The van der Waals surface area contributed by atoms with Gasteiger partial charge in [-0.2, -0.15) is 11.8 Å². The Morgan fingerprint density at radius 1 is 1.47 bits per heavy atom. The average Bonchev–Trinajstić information content (AvgIpc) is 2.85. The molecule has 0 saturated carbocycles. The second kappa shape index (κ2) is 6.88. The van der Waals surface area contributed by atoms with E-state index in [0.717, 1.165) is 18.8 Å². The average molecular weight is 275 g/mol. The monoisotopic (exact) mass is 275 g/mol. The van der Waals surface area contributed by atoms with Crippen LogP contribution in [0.5, 0.6) is 5.75 Å². The third-order valence-corrected chi connectivity index (χ3v) is 4.94. The van der Waals surface area contributed by atoms with E-state index in [-0.39, 0.29) is 0 Å². The standard InChI is InChI=1S/C16H21NOS/c1-3-10-18-15-8-5-4-7-14(15)12-17-13-16(2)9-6-11-19-16/h1,4-5,7-8,17H,6,9-13H2,2H3. The Kier molecular flexibility index (Phi) is 5.18. The highest BCUT2D eigenvalue weighted by atomic mass is 32.2. The van der Waals surface area contributed by atoms with Crippen LogP contribution in [0.1, 0.15) is 25.3 Å². The summed E-state index contributed by atoms with van der Waals surface area (Å²) >= 11 is 2.08. The Labute approximate surface area is 120 Å². The summed E-state index contributed by atoms with van der Waals surface area (Å²) in [7, 11) is 0. The Hall–Kier alpha value is -1.11. The van der Waals surface area contributed by atoms with Crippen LogP contribution in [0.4, 0.5) is 0 Å². The van der Waals surface area contributed by atoms with Crippen molar-refractivity contribution in [3.8, 4) is 18.1 Å². The topological polar surface area (TPSA) is 21.3 Å². The van der Waals surface area contributed by atoms with E-state index < -0.39 is 0 Å². The molecular weight excluding hydrogens is 254 g/mol. The summed E-state index contributed by atoms with van der Waals surface area (Å²) in [6.07, 6.45) is 7.88. The van der Waals surface area contributed by atoms with Gasteiger partial charge in [-0.05, 0) is 31.6 Å². The van der Waals surface area contributed by atoms with Crippen LogP contribution in [0.25, 0.3) is 0 Å². The van der Waals surface area contributed by atoms with E-state index in [1.165, 1.54) is 24.2 Å². The van der Waals surface area contributed by atoms with Crippen LogP contribution in [0.3, 0.4) is 0 Å². The lowest BCUT2D eigenvalue weighted by atomic mass is 10.1. The van der Waals surface area contributed by atoms with Gasteiger partial charge in [-0.15, -0.1) is 6.42 Å². The minimum absolute atomic E-state index is 0.324. The first kappa shape index (κ1) is 14.3. The molecular formula is C16H21NOS. The van der Waals surface area contributed by atoms with Gasteiger partial charge in [0.2, 0.25) is 0 Å². The lowest BCUT2D eigenvalue weighted by Crippen LogP contribution is -2.32. The third-order valence-electron chi connectivity index (χ3n) is 3.40. The van der Waals surface area contributed by atoms with E-state index in [2.05, 4.69) is 36.0 Å². The second-order valence-electron chi connectivity index (χ2n) is 5.11. The maximum absolute atomic E-state index is 5.55. The van der Waals surface area contributed by atoms with Gasteiger partial charge in [-0.1, -0.05) is 24.1 Å². The fourth-order valence-corrected chi connectivity index (χ4v) is 3.62. The molecule has 0 aromatic heterocycles. The van der Waals surface area contributed by atoms with Crippen molar-refractivity contribution in [1.82, 2.24) is 5.32 Å². The van der Waals surface area contributed by atoms with Crippen molar-refractivity contribution < 1.29 is 4.74 Å². The first-order valence-corrected chi connectivity index (χ1v) is 7.71. The summed E-state index contributed by atoms with van der Waals surface area (Å²) in [6.45, 7) is 4.54. The minimum Gasteiger partial charge on any atom is -0.481 e. The van der Waals surface area contributed by atoms with Crippen LogP contribution in [-0.2, 0) is 6.54 Å². The van der Waals surface area contributed by atoms with E-state index in [0.29, 0.717) is 11.4 Å². The minimum atomic E-state index is 0.324. The molecule has 1 N–H and O–H groups in total. The van der Waals surface area contributed by atoms with E-state index >= 15 is 0 Å². The Bertz CT molecular complexity index is 446. The SMILES string of the molecule is C#CCOc1ccccc1CNCC1(C)CCCS1. The number of rotatable bonds is 6. The van der Waals surface area contributed by atoms with Crippen LogP contribution in [-0.4, -0.2) is 23.7 Å². The molecule has 1 aromatic carbocycles. The van der Waals surface area contributed by atoms with E-state index in [4.69, 9.17) is 11.2 Å². The quantitative estimate of drug-likeness (QED) is 0.806. The molecule has 1 heterocycles. The predicted molar refractivity (Wildman–Crippen MR) is 82.6 cm³/mol. The molecule has 1 aromatic rings. The Morgan fingerprint density at radius 3 is 3.05 bits per heavy atom. The van der Waals surface area contributed by atoms with Crippen LogP contribution in [0.15, 0.2) is 24.3 Å². The fourth-order valence-electron chi connectivity index (χ4n) is 2.35. The van der Waals surface area contributed by atoms with Gasteiger partial charge < -0.3 is 10.1 Å². The van der Waals surface area contributed by atoms with Crippen LogP contribution in [0, 0.1) is 12.3 Å².